The van der Waals surface area contributed by atoms with Crippen molar-refractivity contribution < 1.29 is 4.79 Å². The Morgan fingerprint density at radius 2 is 1.94 bits per heavy atom. The smallest absolute Gasteiger partial charge is 0.236 e. The summed E-state index contributed by atoms with van der Waals surface area (Å²) in [6.45, 7) is 7.99. The molecule has 0 fully saturated rings. The summed E-state index contributed by atoms with van der Waals surface area (Å²) < 4.78 is 0. The first kappa shape index (κ1) is 15.4. The van der Waals surface area contributed by atoms with E-state index >= 15 is 0 Å². The van der Waals surface area contributed by atoms with Crippen molar-refractivity contribution in [3.63, 3.8) is 0 Å². The molecular weight excluding hydrogens is 202 g/mol. The molecular formula is C12H27N3O. The molecule has 0 spiro atoms. The minimum absolute atomic E-state index is 0.0157. The van der Waals surface area contributed by atoms with Gasteiger partial charge in [-0.25, -0.2) is 0 Å². The standard InChI is InChI=1S/C12H27N3O/c1-4-5-8-15-12(16)11(13)7-6-9-14-10(2)3/h10-11,14H,4-9,13H2,1-3H3,(H,15,16)/t11-/m1/s1. The van der Waals surface area contributed by atoms with E-state index in [0.29, 0.717) is 6.04 Å². The molecule has 0 aromatic carbocycles. The minimum Gasteiger partial charge on any atom is -0.355 e. The zero-order valence-electron chi connectivity index (χ0n) is 10.9. The van der Waals surface area contributed by atoms with E-state index in [1.165, 1.54) is 0 Å². The summed E-state index contributed by atoms with van der Waals surface area (Å²) in [5, 5.41) is 6.15. The molecule has 16 heavy (non-hydrogen) atoms. The van der Waals surface area contributed by atoms with E-state index in [0.717, 1.165) is 38.8 Å². The van der Waals surface area contributed by atoms with Crippen LogP contribution in [0, 0.1) is 0 Å². The Morgan fingerprint density at radius 1 is 1.25 bits per heavy atom. The van der Waals surface area contributed by atoms with Crippen LogP contribution in [0.4, 0.5) is 0 Å². The molecule has 0 aliphatic rings. The zero-order valence-corrected chi connectivity index (χ0v) is 10.9. The third-order valence-corrected chi connectivity index (χ3v) is 2.41. The Labute approximate surface area is 99.4 Å². The van der Waals surface area contributed by atoms with Crippen molar-refractivity contribution >= 4 is 5.91 Å². The van der Waals surface area contributed by atoms with Crippen LogP contribution in [0.1, 0.15) is 46.5 Å². The number of amides is 1. The van der Waals surface area contributed by atoms with Crippen molar-refractivity contribution in [1.82, 2.24) is 10.6 Å². The second-order valence-electron chi connectivity index (χ2n) is 4.50. The van der Waals surface area contributed by atoms with Crippen molar-refractivity contribution in [2.75, 3.05) is 13.1 Å². The summed E-state index contributed by atoms with van der Waals surface area (Å²) in [6, 6.07) is 0.139. The van der Waals surface area contributed by atoms with Gasteiger partial charge in [0, 0.05) is 12.6 Å². The maximum Gasteiger partial charge on any atom is 0.236 e. The van der Waals surface area contributed by atoms with Gasteiger partial charge in [-0.2, -0.15) is 0 Å². The van der Waals surface area contributed by atoms with Crippen LogP contribution in [0.5, 0.6) is 0 Å². The van der Waals surface area contributed by atoms with E-state index < -0.39 is 0 Å². The summed E-state index contributed by atoms with van der Waals surface area (Å²) in [5.74, 6) is -0.0157. The van der Waals surface area contributed by atoms with Crippen LogP contribution >= 0.6 is 0 Å². The first-order valence-electron chi connectivity index (χ1n) is 6.34. The lowest BCUT2D eigenvalue weighted by Gasteiger charge is -2.13. The Balaban J connectivity index is 3.47. The predicted molar refractivity (Wildman–Crippen MR) is 68.3 cm³/mol. The molecule has 0 unspecified atom stereocenters. The van der Waals surface area contributed by atoms with Gasteiger partial charge in [0.2, 0.25) is 5.91 Å². The summed E-state index contributed by atoms with van der Waals surface area (Å²) in [7, 11) is 0. The average Bonchev–Trinajstić information content (AvgIpc) is 2.24. The largest absolute Gasteiger partial charge is 0.355 e. The van der Waals surface area contributed by atoms with E-state index in [1.807, 2.05) is 0 Å². The Bertz CT molecular complexity index is 183. The van der Waals surface area contributed by atoms with Crippen molar-refractivity contribution in [2.24, 2.45) is 5.73 Å². The molecule has 0 aliphatic heterocycles. The normalized spacial score (nSPS) is 12.8. The van der Waals surface area contributed by atoms with Crippen LogP contribution in [-0.4, -0.2) is 31.1 Å². The number of unbranched alkanes of at least 4 members (excludes halogenated alkanes) is 1. The molecule has 4 nitrogen and oxygen atoms in total. The van der Waals surface area contributed by atoms with Crippen molar-refractivity contribution in [3.8, 4) is 0 Å². The van der Waals surface area contributed by atoms with E-state index in [9.17, 15) is 4.79 Å². The Hall–Kier alpha value is -0.610. The van der Waals surface area contributed by atoms with Gasteiger partial charge in [-0.3, -0.25) is 4.79 Å². The van der Waals surface area contributed by atoms with E-state index in [1.54, 1.807) is 0 Å². The first-order valence-corrected chi connectivity index (χ1v) is 6.34. The highest BCUT2D eigenvalue weighted by Gasteiger charge is 2.11. The van der Waals surface area contributed by atoms with E-state index in [-0.39, 0.29) is 11.9 Å². The number of rotatable bonds is 9. The highest BCUT2D eigenvalue weighted by molar-refractivity contribution is 5.81. The fraction of sp³-hybridized carbons (Fsp3) is 0.917. The molecule has 0 radical (unpaired) electrons. The highest BCUT2D eigenvalue weighted by atomic mass is 16.2. The van der Waals surface area contributed by atoms with E-state index in [2.05, 4.69) is 31.4 Å². The van der Waals surface area contributed by atoms with Gasteiger partial charge in [0.15, 0.2) is 0 Å². The molecule has 4 heteroatoms. The Morgan fingerprint density at radius 3 is 2.50 bits per heavy atom. The number of nitrogens with one attached hydrogen (secondary N) is 2. The zero-order chi connectivity index (χ0) is 12.4. The van der Waals surface area contributed by atoms with Gasteiger partial charge in [0.25, 0.3) is 0 Å². The molecule has 0 rings (SSSR count). The molecule has 0 aromatic heterocycles. The van der Waals surface area contributed by atoms with Crippen LogP contribution in [-0.2, 0) is 4.79 Å². The second-order valence-corrected chi connectivity index (χ2v) is 4.50. The summed E-state index contributed by atoms with van der Waals surface area (Å²) in [4.78, 5) is 11.5. The van der Waals surface area contributed by atoms with Gasteiger partial charge in [-0.15, -0.1) is 0 Å². The number of nitrogens with two attached hydrogens (primary N) is 1. The third kappa shape index (κ3) is 8.68. The molecule has 0 aliphatic carbocycles. The van der Waals surface area contributed by atoms with Crippen LogP contribution in [0.2, 0.25) is 0 Å². The van der Waals surface area contributed by atoms with Gasteiger partial charge in [0.05, 0.1) is 6.04 Å². The fourth-order valence-electron chi connectivity index (χ4n) is 1.36. The first-order chi connectivity index (χ1) is 7.57. The average molecular weight is 229 g/mol. The molecule has 96 valence electrons. The van der Waals surface area contributed by atoms with E-state index in [4.69, 9.17) is 5.73 Å². The van der Waals surface area contributed by atoms with Gasteiger partial charge < -0.3 is 16.4 Å². The summed E-state index contributed by atoms with van der Waals surface area (Å²) >= 11 is 0. The number of carbonyl (C=O) groups excluding carboxylic acids is 1. The van der Waals surface area contributed by atoms with Gasteiger partial charge >= 0.3 is 0 Å². The third-order valence-electron chi connectivity index (χ3n) is 2.41. The van der Waals surface area contributed by atoms with Crippen LogP contribution < -0.4 is 16.4 Å². The van der Waals surface area contributed by atoms with Crippen LogP contribution in [0.3, 0.4) is 0 Å². The molecule has 0 aromatic rings. The quantitative estimate of drug-likeness (QED) is 0.517. The number of carbonyl (C=O) groups is 1. The topological polar surface area (TPSA) is 67.2 Å². The molecule has 1 atom stereocenters. The monoisotopic (exact) mass is 229 g/mol. The fourth-order valence-corrected chi connectivity index (χ4v) is 1.36. The predicted octanol–water partition coefficient (Wildman–Crippen LogP) is 1.01. The summed E-state index contributed by atoms with van der Waals surface area (Å²) in [6.07, 6.45) is 3.80. The lowest BCUT2D eigenvalue weighted by atomic mass is 10.1. The van der Waals surface area contributed by atoms with Gasteiger partial charge in [0.1, 0.15) is 0 Å². The van der Waals surface area contributed by atoms with Crippen molar-refractivity contribution in [2.45, 2.75) is 58.5 Å². The maximum absolute atomic E-state index is 11.5. The van der Waals surface area contributed by atoms with Crippen molar-refractivity contribution in [1.29, 1.82) is 0 Å². The number of hydrogen-bond acceptors (Lipinski definition) is 3. The van der Waals surface area contributed by atoms with Crippen LogP contribution in [0.25, 0.3) is 0 Å². The Kier molecular flexibility index (Phi) is 9.24. The van der Waals surface area contributed by atoms with Crippen molar-refractivity contribution in [3.05, 3.63) is 0 Å². The molecule has 4 N–H and O–H groups in total. The minimum atomic E-state index is -0.356. The SMILES string of the molecule is CCCCNC(=O)[C@H](N)CCCNC(C)C. The van der Waals surface area contributed by atoms with Gasteiger partial charge in [-0.1, -0.05) is 27.2 Å². The maximum atomic E-state index is 11.5. The molecule has 0 saturated heterocycles. The molecule has 1 amide bonds. The molecule has 0 heterocycles. The molecule has 0 bridgehead atoms. The second kappa shape index (κ2) is 9.60. The lowest BCUT2D eigenvalue weighted by Crippen LogP contribution is -2.41. The molecule has 0 saturated carbocycles. The highest BCUT2D eigenvalue weighted by Crippen LogP contribution is 1.94. The van der Waals surface area contributed by atoms with Gasteiger partial charge in [-0.05, 0) is 25.8 Å². The van der Waals surface area contributed by atoms with Crippen LogP contribution in [0.15, 0.2) is 0 Å². The summed E-state index contributed by atoms with van der Waals surface area (Å²) in [5.41, 5.74) is 5.78. The number of hydrogen-bond donors (Lipinski definition) is 3. The lowest BCUT2D eigenvalue weighted by molar-refractivity contribution is -0.122.